The van der Waals surface area contributed by atoms with Gasteiger partial charge in [0.15, 0.2) is 0 Å². The van der Waals surface area contributed by atoms with E-state index in [-0.39, 0.29) is 12.0 Å². The van der Waals surface area contributed by atoms with Gasteiger partial charge in [0.2, 0.25) is 5.91 Å². The molecule has 3 fully saturated rings. The Labute approximate surface area is 147 Å². The molecule has 1 atom stereocenters. The zero-order chi connectivity index (χ0) is 16.8. The van der Waals surface area contributed by atoms with E-state index < -0.39 is 0 Å². The number of hydrogen-bond acceptors (Lipinski definition) is 3. The van der Waals surface area contributed by atoms with E-state index >= 15 is 0 Å². The lowest BCUT2D eigenvalue weighted by Gasteiger charge is -2.38. The molecule has 3 aliphatic rings. The largest absolute Gasteiger partial charge is 0.376 e. The van der Waals surface area contributed by atoms with Crippen molar-refractivity contribution in [1.82, 2.24) is 9.80 Å². The van der Waals surface area contributed by atoms with Crippen LogP contribution in [0.2, 0.25) is 0 Å². The van der Waals surface area contributed by atoms with Crippen LogP contribution in [0.15, 0.2) is 12.7 Å². The van der Waals surface area contributed by atoms with E-state index in [1.54, 1.807) is 6.08 Å². The smallest absolute Gasteiger partial charge is 0.226 e. The van der Waals surface area contributed by atoms with Gasteiger partial charge in [-0.15, -0.1) is 6.58 Å². The molecule has 0 unspecified atom stereocenters. The Morgan fingerprint density at radius 1 is 1.08 bits per heavy atom. The van der Waals surface area contributed by atoms with Crippen molar-refractivity contribution in [3.05, 3.63) is 12.7 Å². The third-order valence-corrected chi connectivity index (χ3v) is 6.09. The fourth-order valence-corrected chi connectivity index (χ4v) is 4.65. The Morgan fingerprint density at radius 3 is 2.46 bits per heavy atom. The Bertz CT molecular complexity index is 406. The number of carbonyl (C=O) groups excluding carboxylic acids is 1. The first kappa shape index (κ1) is 17.9. The first-order valence-corrected chi connectivity index (χ1v) is 10.0. The summed E-state index contributed by atoms with van der Waals surface area (Å²) in [7, 11) is 0. The number of likely N-dealkylation sites (tertiary alicyclic amines) is 1. The van der Waals surface area contributed by atoms with Gasteiger partial charge in [-0.25, -0.2) is 0 Å². The highest BCUT2D eigenvalue weighted by atomic mass is 16.5. The minimum absolute atomic E-state index is 0.221. The molecule has 4 nitrogen and oxygen atoms in total. The lowest BCUT2D eigenvalue weighted by atomic mass is 9.94. The highest BCUT2D eigenvalue weighted by molar-refractivity contribution is 5.77. The molecule has 0 N–H and O–H groups in total. The van der Waals surface area contributed by atoms with Crippen LogP contribution in [-0.2, 0) is 9.53 Å². The molecule has 1 saturated carbocycles. The summed E-state index contributed by atoms with van der Waals surface area (Å²) in [5, 5.41) is 0. The number of nitrogens with zero attached hydrogens (tertiary/aromatic N) is 2. The van der Waals surface area contributed by atoms with Crippen LogP contribution in [0.3, 0.4) is 0 Å². The molecule has 2 saturated heterocycles. The van der Waals surface area contributed by atoms with E-state index in [4.69, 9.17) is 4.74 Å². The highest BCUT2D eigenvalue weighted by Crippen LogP contribution is 2.28. The highest BCUT2D eigenvalue weighted by Gasteiger charge is 2.29. The molecule has 0 aromatic rings. The minimum atomic E-state index is 0.221. The number of ether oxygens (including phenoxy) is 1. The van der Waals surface area contributed by atoms with Crippen molar-refractivity contribution in [2.24, 2.45) is 5.92 Å². The predicted molar refractivity (Wildman–Crippen MR) is 96.9 cm³/mol. The normalized spacial score (nSPS) is 26.8. The molecule has 0 spiro atoms. The van der Waals surface area contributed by atoms with Gasteiger partial charge in [0.1, 0.15) is 0 Å². The molecule has 1 amide bonds. The third-order valence-electron chi connectivity index (χ3n) is 6.09. The van der Waals surface area contributed by atoms with Crippen LogP contribution in [0, 0.1) is 5.92 Å². The van der Waals surface area contributed by atoms with Crippen molar-refractivity contribution in [3.8, 4) is 0 Å². The van der Waals surface area contributed by atoms with Crippen molar-refractivity contribution in [1.29, 1.82) is 0 Å². The quantitative estimate of drug-likeness (QED) is 0.670. The van der Waals surface area contributed by atoms with E-state index in [2.05, 4.69) is 16.4 Å². The summed E-state index contributed by atoms with van der Waals surface area (Å²) in [6, 6.07) is 0.844. The van der Waals surface area contributed by atoms with Crippen molar-refractivity contribution in [2.45, 2.75) is 69.9 Å². The van der Waals surface area contributed by atoms with E-state index in [0.717, 1.165) is 38.6 Å². The molecule has 136 valence electrons. The molecule has 2 heterocycles. The maximum Gasteiger partial charge on any atom is 0.226 e. The maximum atomic E-state index is 12.5. The van der Waals surface area contributed by atoms with Gasteiger partial charge in [0.05, 0.1) is 6.10 Å². The number of rotatable bonds is 7. The van der Waals surface area contributed by atoms with E-state index in [9.17, 15) is 4.79 Å². The van der Waals surface area contributed by atoms with Gasteiger partial charge in [-0.3, -0.25) is 4.79 Å². The summed E-state index contributed by atoms with van der Waals surface area (Å²) in [4.78, 5) is 17.2. The second kappa shape index (κ2) is 9.00. The first-order valence-electron chi connectivity index (χ1n) is 10.0. The summed E-state index contributed by atoms with van der Waals surface area (Å²) in [5.74, 6) is 0.872. The average Bonchev–Trinajstić information content (AvgIpc) is 3.29. The Morgan fingerprint density at radius 2 is 1.83 bits per heavy atom. The number of amides is 1. The van der Waals surface area contributed by atoms with Crippen LogP contribution in [-0.4, -0.2) is 60.6 Å². The molecule has 24 heavy (non-hydrogen) atoms. The van der Waals surface area contributed by atoms with Crippen LogP contribution < -0.4 is 0 Å². The van der Waals surface area contributed by atoms with Crippen LogP contribution in [0.4, 0.5) is 0 Å². The number of piperidine rings is 1. The van der Waals surface area contributed by atoms with Gasteiger partial charge in [-0.2, -0.15) is 0 Å². The molecule has 0 radical (unpaired) electrons. The summed E-state index contributed by atoms with van der Waals surface area (Å²) < 4.78 is 5.76. The predicted octanol–water partition coefficient (Wildman–Crippen LogP) is 3.22. The summed E-state index contributed by atoms with van der Waals surface area (Å²) in [6.45, 7) is 8.71. The van der Waals surface area contributed by atoms with Gasteiger partial charge in [-0.05, 0) is 57.5 Å². The summed E-state index contributed by atoms with van der Waals surface area (Å²) in [6.07, 6.45) is 12.7. The standard InChI is InChI=1S/C20H34N2O2/c1-2-6-20(23)22(16-19-9-5-14-24-19)15-17-10-12-21(13-11-17)18-7-3-4-8-18/h2,17-19H,1,3-16H2/t19-/m1/s1. The summed E-state index contributed by atoms with van der Waals surface area (Å²) in [5.41, 5.74) is 0. The van der Waals surface area contributed by atoms with E-state index in [1.165, 1.54) is 51.6 Å². The maximum absolute atomic E-state index is 12.5. The monoisotopic (exact) mass is 334 g/mol. The fraction of sp³-hybridized carbons (Fsp3) is 0.850. The second-order valence-electron chi connectivity index (χ2n) is 7.84. The fourth-order valence-electron chi connectivity index (χ4n) is 4.65. The molecule has 2 aliphatic heterocycles. The van der Waals surface area contributed by atoms with Crippen molar-refractivity contribution in [3.63, 3.8) is 0 Å². The lowest BCUT2D eigenvalue weighted by molar-refractivity contribution is -0.132. The van der Waals surface area contributed by atoms with Gasteiger partial charge < -0.3 is 14.5 Å². The minimum Gasteiger partial charge on any atom is -0.376 e. The number of hydrogen-bond donors (Lipinski definition) is 0. The number of carbonyl (C=O) groups is 1. The second-order valence-corrected chi connectivity index (χ2v) is 7.84. The van der Waals surface area contributed by atoms with Gasteiger partial charge in [-0.1, -0.05) is 18.9 Å². The third kappa shape index (κ3) is 4.82. The van der Waals surface area contributed by atoms with Crippen LogP contribution in [0.1, 0.15) is 57.8 Å². The topological polar surface area (TPSA) is 32.8 Å². The van der Waals surface area contributed by atoms with E-state index in [0.29, 0.717) is 12.3 Å². The van der Waals surface area contributed by atoms with Crippen LogP contribution in [0.25, 0.3) is 0 Å². The molecule has 3 rings (SSSR count). The zero-order valence-corrected chi connectivity index (χ0v) is 15.1. The molecule has 0 aromatic carbocycles. The molecule has 0 aromatic heterocycles. The van der Waals surface area contributed by atoms with E-state index in [1.807, 2.05) is 0 Å². The van der Waals surface area contributed by atoms with Gasteiger partial charge >= 0.3 is 0 Å². The molecular weight excluding hydrogens is 300 g/mol. The van der Waals surface area contributed by atoms with Crippen molar-refractivity contribution in [2.75, 3.05) is 32.8 Å². The van der Waals surface area contributed by atoms with Crippen LogP contribution >= 0.6 is 0 Å². The van der Waals surface area contributed by atoms with Gasteiger partial charge in [0.25, 0.3) is 0 Å². The molecular formula is C20H34N2O2. The Hall–Kier alpha value is -0.870. The van der Waals surface area contributed by atoms with Crippen molar-refractivity contribution < 1.29 is 9.53 Å². The molecule has 0 bridgehead atoms. The average molecular weight is 335 g/mol. The van der Waals surface area contributed by atoms with Gasteiger partial charge in [0, 0.05) is 32.2 Å². The Balaban J connectivity index is 1.48. The SMILES string of the molecule is C=CCC(=O)N(CC1CCN(C2CCCC2)CC1)C[C@H]1CCCO1. The van der Waals surface area contributed by atoms with Crippen LogP contribution in [0.5, 0.6) is 0 Å². The molecule has 1 aliphatic carbocycles. The summed E-state index contributed by atoms with van der Waals surface area (Å²) >= 11 is 0. The zero-order valence-electron chi connectivity index (χ0n) is 15.1. The molecule has 4 heteroatoms. The first-order chi connectivity index (χ1) is 11.8. The van der Waals surface area contributed by atoms with Crippen molar-refractivity contribution >= 4 is 5.91 Å². The lowest BCUT2D eigenvalue weighted by Crippen LogP contribution is -2.45. The Kier molecular flexibility index (Phi) is 6.73.